The number of halogens is 2. The van der Waals surface area contributed by atoms with Gasteiger partial charge < -0.3 is 19.9 Å². The van der Waals surface area contributed by atoms with Gasteiger partial charge >= 0.3 is 0 Å². The quantitative estimate of drug-likeness (QED) is 0.378. The summed E-state index contributed by atoms with van der Waals surface area (Å²) >= 11 is 12.3. The van der Waals surface area contributed by atoms with Gasteiger partial charge in [0.25, 0.3) is 0 Å². The number of aromatic amines is 1. The summed E-state index contributed by atoms with van der Waals surface area (Å²) in [6, 6.07) is 7.35. The summed E-state index contributed by atoms with van der Waals surface area (Å²) in [5.41, 5.74) is 3.77. The van der Waals surface area contributed by atoms with Crippen molar-refractivity contribution in [1.29, 1.82) is 0 Å². The van der Waals surface area contributed by atoms with Crippen molar-refractivity contribution in [3.63, 3.8) is 0 Å². The van der Waals surface area contributed by atoms with E-state index in [1.807, 2.05) is 16.7 Å². The highest BCUT2D eigenvalue weighted by Crippen LogP contribution is 2.28. The summed E-state index contributed by atoms with van der Waals surface area (Å²) in [6.07, 6.45) is 5.24. The fraction of sp³-hybridized carbons (Fsp3) is 0.227. The van der Waals surface area contributed by atoms with Gasteiger partial charge in [0.15, 0.2) is 17.0 Å². The third-order valence-corrected chi connectivity index (χ3v) is 6.32. The second-order valence-electron chi connectivity index (χ2n) is 7.79. The maximum atomic E-state index is 6.14. The lowest BCUT2D eigenvalue weighted by Gasteiger charge is -2.27. The molecule has 34 heavy (non-hydrogen) atoms. The Morgan fingerprint density at radius 2 is 1.94 bits per heavy atom. The van der Waals surface area contributed by atoms with E-state index in [2.05, 4.69) is 30.2 Å². The Bertz CT molecular complexity index is 1440. The van der Waals surface area contributed by atoms with E-state index in [-0.39, 0.29) is 0 Å². The molecule has 0 amide bonds. The zero-order valence-corrected chi connectivity index (χ0v) is 19.4. The molecule has 1 fully saturated rings. The molecule has 5 heterocycles. The second kappa shape index (κ2) is 8.71. The van der Waals surface area contributed by atoms with E-state index in [1.165, 1.54) is 0 Å². The van der Waals surface area contributed by atoms with E-state index < -0.39 is 0 Å². The summed E-state index contributed by atoms with van der Waals surface area (Å²) in [4.78, 5) is 28.5. The molecule has 10 nitrogen and oxygen atoms in total. The summed E-state index contributed by atoms with van der Waals surface area (Å²) in [7, 11) is 0. The van der Waals surface area contributed by atoms with Gasteiger partial charge in [-0.3, -0.25) is 9.55 Å². The van der Waals surface area contributed by atoms with Crippen molar-refractivity contribution >= 4 is 57.2 Å². The number of anilines is 2. The molecule has 1 saturated heterocycles. The lowest BCUT2D eigenvalue weighted by atomic mass is 10.3. The minimum Gasteiger partial charge on any atom is -0.378 e. The zero-order valence-electron chi connectivity index (χ0n) is 17.9. The first-order valence-electron chi connectivity index (χ1n) is 10.7. The van der Waals surface area contributed by atoms with E-state index in [1.54, 1.807) is 30.9 Å². The maximum absolute atomic E-state index is 6.14. The number of hydrogen-bond donors (Lipinski definition) is 2. The smallest absolute Gasteiger partial charge is 0.229 e. The summed E-state index contributed by atoms with van der Waals surface area (Å²) in [5.74, 6) is 1.96. The number of morpholine rings is 1. The summed E-state index contributed by atoms with van der Waals surface area (Å²) < 4.78 is 7.41. The number of benzene rings is 1. The van der Waals surface area contributed by atoms with Crippen molar-refractivity contribution in [1.82, 2.24) is 34.5 Å². The molecule has 6 rings (SSSR count). The van der Waals surface area contributed by atoms with Crippen LogP contribution in [0.5, 0.6) is 0 Å². The first-order chi connectivity index (χ1) is 16.7. The van der Waals surface area contributed by atoms with Crippen LogP contribution in [0.3, 0.4) is 0 Å². The Balaban J connectivity index is 1.38. The van der Waals surface area contributed by atoms with Crippen molar-refractivity contribution in [3.05, 3.63) is 58.9 Å². The average Bonchev–Trinajstić information content (AvgIpc) is 3.47. The third-order valence-electron chi connectivity index (χ3n) is 5.60. The average molecular weight is 496 g/mol. The van der Waals surface area contributed by atoms with Crippen LogP contribution in [0.25, 0.3) is 27.9 Å². The molecule has 1 aromatic carbocycles. The second-order valence-corrected chi connectivity index (χ2v) is 8.60. The predicted octanol–water partition coefficient (Wildman–Crippen LogP) is 3.84. The monoisotopic (exact) mass is 495 g/mol. The molecule has 4 aromatic heterocycles. The van der Waals surface area contributed by atoms with Gasteiger partial charge in [-0.1, -0.05) is 23.2 Å². The van der Waals surface area contributed by atoms with Crippen LogP contribution >= 0.6 is 23.2 Å². The molecule has 1 aliphatic rings. The number of aromatic nitrogens is 7. The molecule has 1 aliphatic heterocycles. The topological polar surface area (TPSA) is 110 Å². The van der Waals surface area contributed by atoms with E-state index >= 15 is 0 Å². The molecule has 5 aromatic rings. The standard InChI is InChI=1S/C22H19Cl2N9O/c23-14-8-16-17(9-15(14)24)29-18(28-16)11-26-20-19-21(31-22(30-20)32-4-6-34-7-5-32)33(12-27-19)13-2-1-3-25-10-13/h1-3,8-10,12H,4-7,11H2,(H,28,29)(H,26,30,31). The highest BCUT2D eigenvalue weighted by molar-refractivity contribution is 6.42. The predicted molar refractivity (Wildman–Crippen MR) is 131 cm³/mol. The Hall–Kier alpha value is -3.47. The van der Waals surface area contributed by atoms with Crippen molar-refractivity contribution in [2.45, 2.75) is 6.54 Å². The molecule has 0 atom stereocenters. The lowest BCUT2D eigenvalue weighted by molar-refractivity contribution is 0.122. The Morgan fingerprint density at radius 3 is 2.76 bits per heavy atom. The van der Waals surface area contributed by atoms with Gasteiger partial charge in [-0.15, -0.1) is 0 Å². The summed E-state index contributed by atoms with van der Waals surface area (Å²) in [6.45, 7) is 3.11. The van der Waals surface area contributed by atoms with Crippen LogP contribution in [0.2, 0.25) is 10.0 Å². The molecule has 172 valence electrons. The molecule has 0 unspecified atom stereocenters. The minimum atomic E-state index is 0.401. The van der Waals surface area contributed by atoms with Crippen molar-refractivity contribution < 1.29 is 4.74 Å². The van der Waals surface area contributed by atoms with Crippen LogP contribution in [-0.2, 0) is 11.3 Å². The number of nitrogens with one attached hydrogen (secondary N) is 2. The number of H-pyrrole nitrogens is 1. The van der Waals surface area contributed by atoms with Crippen molar-refractivity contribution in [3.8, 4) is 5.69 Å². The fourth-order valence-electron chi connectivity index (χ4n) is 3.91. The fourth-order valence-corrected chi connectivity index (χ4v) is 4.23. The van der Waals surface area contributed by atoms with Gasteiger partial charge in [-0.2, -0.15) is 9.97 Å². The molecule has 0 saturated carbocycles. The highest BCUT2D eigenvalue weighted by Gasteiger charge is 2.20. The molecule has 0 radical (unpaired) electrons. The number of rotatable bonds is 5. The van der Waals surface area contributed by atoms with E-state index in [9.17, 15) is 0 Å². The SMILES string of the molecule is Clc1cc2nc(CNc3nc(N4CCOCC4)nc4c3ncn4-c3cccnc3)[nH]c2cc1Cl. The zero-order chi connectivity index (χ0) is 23.1. The van der Waals surface area contributed by atoms with Gasteiger partial charge in [-0.05, 0) is 24.3 Å². The lowest BCUT2D eigenvalue weighted by Crippen LogP contribution is -2.37. The van der Waals surface area contributed by atoms with Crippen LogP contribution in [0.4, 0.5) is 11.8 Å². The first-order valence-corrected chi connectivity index (χ1v) is 11.5. The van der Waals surface area contributed by atoms with Crippen LogP contribution < -0.4 is 10.2 Å². The molecule has 12 heteroatoms. The molecule has 2 N–H and O–H groups in total. The van der Waals surface area contributed by atoms with Gasteiger partial charge in [0.05, 0.1) is 52.7 Å². The number of hydrogen-bond acceptors (Lipinski definition) is 8. The van der Waals surface area contributed by atoms with Gasteiger partial charge in [-0.25, -0.2) is 9.97 Å². The number of ether oxygens (including phenoxy) is 1. The minimum absolute atomic E-state index is 0.401. The van der Waals surface area contributed by atoms with Crippen molar-refractivity contribution in [2.75, 3.05) is 36.5 Å². The first kappa shape index (κ1) is 21.1. The van der Waals surface area contributed by atoms with E-state index in [4.69, 9.17) is 37.9 Å². The molecule has 0 bridgehead atoms. The normalized spacial score (nSPS) is 14.2. The van der Waals surface area contributed by atoms with Gasteiger partial charge in [0.1, 0.15) is 12.2 Å². The summed E-state index contributed by atoms with van der Waals surface area (Å²) in [5, 5.41) is 4.32. The Kier molecular flexibility index (Phi) is 5.40. The molecular formula is C22H19Cl2N9O. The Labute approximate surface area is 203 Å². The number of pyridine rings is 1. The third kappa shape index (κ3) is 3.89. The van der Waals surface area contributed by atoms with Gasteiger partial charge in [0.2, 0.25) is 5.95 Å². The molecule has 0 aliphatic carbocycles. The highest BCUT2D eigenvalue weighted by atomic mass is 35.5. The molecule has 0 spiro atoms. The van der Waals surface area contributed by atoms with Gasteiger partial charge in [0, 0.05) is 19.3 Å². The Morgan fingerprint density at radius 1 is 1.09 bits per heavy atom. The maximum Gasteiger partial charge on any atom is 0.229 e. The number of imidazole rings is 2. The van der Waals surface area contributed by atoms with Crippen molar-refractivity contribution in [2.24, 2.45) is 0 Å². The van der Waals surface area contributed by atoms with E-state index in [0.29, 0.717) is 52.7 Å². The van der Waals surface area contributed by atoms with Crippen LogP contribution in [0, 0.1) is 0 Å². The number of fused-ring (bicyclic) bond motifs is 2. The number of nitrogens with zero attached hydrogens (tertiary/aromatic N) is 7. The molecular weight excluding hydrogens is 477 g/mol. The van der Waals surface area contributed by atoms with E-state index in [0.717, 1.165) is 35.6 Å². The largest absolute Gasteiger partial charge is 0.378 e. The van der Waals surface area contributed by atoms with Crippen LogP contribution in [0.15, 0.2) is 43.0 Å². The van der Waals surface area contributed by atoms with Crippen LogP contribution in [0.1, 0.15) is 5.82 Å². The van der Waals surface area contributed by atoms with Crippen LogP contribution in [-0.4, -0.2) is 60.8 Å².